The molecule has 3 aromatic carbocycles. The van der Waals surface area contributed by atoms with E-state index < -0.39 is 41.3 Å². The number of para-hydroxylation sites is 1. The molecule has 0 bridgehead atoms. The first-order chi connectivity index (χ1) is 17.3. The summed E-state index contributed by atoms with van der Waals surface area (Å²) in [4.78, 5) is 63.9. The summed E-state index contributed by atoms with van der Waals surface area (Å²) < 4.78 is 0. The summed E-state index contributed by atoms with van der Waals surface area (Å²) in [6.07, 6.45) is 1.52. The van der Waals surface area contributed by atoms with E-state index in [1.165, 1.54) is 29.2 Å². The Bertz CT molecular complexity index is 1380. The highest BCUT2D eigenvalue weighted by molar-refractivity contribution is 6.49. The van der Waals surface area contributed by atoms with Gasteiger partial charge in [-0.05, 0) is 42.0 Å². The van der Waals surface area contributed by atoms with Crippen molar-refractivity contribution in [2.45, 2.75) is 6.04 Å². The molecule has 0 spiro atoms. The Hall–Kier alpha value is -4.56. The zero-order valence-corrected chi connectivity index (χ0v) is 19.4. The Kier molecular flexibility index (Phi) is 7.07. The van der Waals surface area contributed by atoms with Crippen molar-refractivity contribution in [1.82, 2.24) is 0 Å². The van der Waals surface area contributed by atoms with Crippen molar-refractivity contribution in [1.29, 1.82) is 0 Å². The molecule has 9 heteroatoms. The van der Waals surface area contributed by atoms with Gasteiger partial charge in [0.2, 0.25) is 11.7 Å². The summed E-state index contributed by atoms with van der Waals surface area (Å²) in [6.45, 7) is 0. The minimum atomic E-state index is -1.34. The van der Waals surface area contributed by atoms with E-state index in [4.69, 9.17) is 16.7 Å². The molecule has 1 fully saturated rings. The number of carboxylic acid groups (broad SMARTS) is 1. The second-order valence-corrected chi connectivity index (χ2v) is 8.39. The summed E-state index contributed by atoms with van der Waals surface area (Å²) in [6, 6.07) is 20.1. The number of hydrogen-bond donors (Lipinski definition) is 2. The maximum atomic E-state index is 13.7. The van der Waals surface area contributed by atoms with Crippen molar-refractivity contribution >= 4 is 52.3 Å². The molecule has 0 aliphatic carbocycles. The van der Waals surface area contributed by atoms with E-state index in [1.807, 2.05) is 0 Å². The molecule has 1 heterocycles. The van der Waals surface area contributed by atoms with E-state index in [2.05, 4.69) is 5.32 Å². The zero-order chi connectivity index (χ0) is 25.8. The monoisotopic (exact) mass is 502 g/mol. The third kappa shape index (κ3) is 5.08. The molecule has 8 nitrogen and oxygen atoms in total. The lowest BCUT2D eigenvalue weighted by Crippen LogP contribution is -2.30. The Morgan fingerprint density at radius 1 is 0.889 bits per heavy atom. The van der Waals surface area contributed by atoms with Crippen molar-refractivity contribution in [3.63, 3.8) is 0 Å². The van der Waals surface area contributed by atoms with Crippen LogP contribution in [0.15, 0.2) is 91.0 Å². The summed E-state index contributed by atoms with van der Waals surface area (Å²) in [7, 11) is 0. The van der Waals surface area contributed by atoms with Gasteiger partial charge in [-0.2, -0.15) is 0 Å². The van der Waals surface area contributed by atoms with Gasteiger partial charge in [0.05, 0.1) is 6.04 Å². The van der Waals surface area contributed by atoms with Crippen LogP contribution in [0, 0.1) is 5.92 Å². The van der Waals surface area contributed by atoms with Crippen LogP contribution in [0.2, 0.25) is 5.02 Å². The lowest BCUT2D eigenvalue weighted by Gasteiger charge is -2.27. The molecule has 4 rings (SSSR count). The minimum Gasteiger partial charge on any atom is -0.478 e. The van der Waals surface area contributed by atoms with Crippen LogP contribution < -0.4 is 10.2 Å². The number of hydrogen-bond acceptors (Lipinski definition) is 5. The Morgan fingerprint density at radius 2 is 1.58 bits per heavy atom. The zero-order valence-electron chi connectivity index (χ0n) is 18.6. The summed E-state index contributed by atoms with van der Waals surface area (Å²) in [5.74, 6) is -5.57. The van der Waals surface area contributed by atoms with Gasteiger partial charge in [-0.15, -0.1) is 0 Å². The summed E-state index contributed by atoms with van der Waals surface area (Å²) >= 11 is 6.04. The molecule has 3 aromatic rings. The molecule has 0 radical (unpaired) electrons. The minimum absolute atomic E-state index is 0.107. The van der Waals surface area contributed by atoms with Gasteiger partial charge in [-0.25, -0.2) is 4.79 Å². The van der Waals surface area contributed by atoms with Crippen LogP contribution >= 0.6 is 11.6 Å². The average molecular weight is 503 g/mol. The topological polar surface area (TPSA) is 121 Å². The molecule has 2 amide bonds. The maximum Gasteiger partial charge on any atom is 0.328 e. The molecule has 1 aliphatic heterocycles. The number of rotatable bonds is 7. The molecule has 2 unspecified atom stereocenters. The highest BCUT2D eigenvalue weighted by atomic mass is 35.5. The first-order valence-corrected chi connectivity index (χ1v) is 11.2. The van der Waals surface area contributed by atoms with Gasteiger partial charge in [0.1, 0.15) is 5.92 Å². The van der Waals surface area contributed by atoms with Gasteiger partial charge < -0.3 is 10.4 Å². The van der Waals surface area contributed by atoms with Crippen molar-refractivity contribution in [2.24, 2.45) is 5.92 Å². The summed E-state index contributed by atoms with van der Waals surface area (Å²) in [5.41, 5.74) is 1.36. The molecule has 0 aromatic heterocycles. The van der Waals surface area contributed by atoms with Gasteiger partial charge in [-0.1, -0.05) is 54.1 Å². The molecule has 0 saturated carbocycles. The van der Waals surface area contributed by atoms with E-state index in [-0.39, 0.29) is 11.3 Å². The number of aliphatic carboxylic acids is 1. The number of carbonyl (C=O) groups is 5. The van der Waals surface area contributed by atoms with Gasteiger partial charge >= 0.3 is 5.97 Å². The molecule has 1 saturated heterocycles. The van der Waals surface area contributed by atoms with Crippen molar-refractivity contribution in [3.8, 4) is 0 Å². The van der Waals surface area contributed by atoms with Crippen molar-refractivity contribution < 1.29 is 29.1 Å². The average Bonchev–Trinajstić information content (AvgIpc) is 3.13. The number of nitrogens with one attached hydrogen (secondary N) is 1. The lowest BCUT2D eigenvalue weighted by molar-refractivity contribution is -0.135. The molecule has 1 aliphatic rings. The second kappa shape index (κ2) is 10.4. The first kappa shape index (κ1) is 24.6. The van der Waals surface area contributed by atoms with Crippen LogP contribution in [-0.4, -0.2) is 34.5 Å². The highest BCUT2D eigenvalue weighted by Crippen LogP contribution is 2.41. The number of halogens is 1. The first-order valence-electron chi connectivity index (χ1n) is 10.8. The Balaban J connectivity index is 1.72. The van der Waals surface area contributed by atoms with Gasteiger partial charge in [0.15, 0.2) is 5.78 Å². The van der Waals surface area contributed by atoms with E-state index in [0.29, 0.717) is 22.3 Å². The molecular weight excluding hydrogens is 484 g/mol. The number of carbonyl (C=O) groups excluding carboxylic acids is 4. The van der Waals surface area contributed by atoms with Crippen LogP contribution in [0.1, 0.15) is 22.0 Å². The third-order valence-corrected chi connectivity index (χ3v) is 5.88. The maximum absolute atomic E-state index is 13.7. The fraction of sp³-hybridized carbons (Fsp3) is 0.0741. The standard InChI is InChI=1S/C27H19ClN2O6/c28-18-11-9-16(10-12-18)24-23(26(35)27(36)30(24)20-7-2-1-3-8-20)25(34)17-5-4-6-19(15-17)29-21(31)13-14-22(32)33/h1-15,23-24H,(H,29,31)(H,32,33)/b14-13-. The Morgan fingerprint density at radius 3 is 2.25 bits per heavy atom. The lowest BCUT2D eigenvalue weighted by atomic mass is 9.86. The number of nitrogens with zero attached hydrogens (tertiary/aromatic N) is 1. The van der Waals surface area contributed by atoms with Crippen LogP contribution in [0.25, 0.3) is 0 Å². The second-order valence-electron chi connectivity index (χ2n) is 7.95. The fourth-order valence-electron chi connectivity index (χ4n) is 4.06. The SMILES string of the molecule is O=C(O)/C=C\C(=O)Nc1cccc(C(=O)C2C(=O)C(=O)N(c3ccccc3)C2c2ccc(Cl)cc2)c1. The largest absolute Gasteiger partial charge is 0.478 e. The molecule has 180 valence electrons. The number of carboxylic acids is 1. The van der Waals surface area contributed by atoms with Gasteiger partial charge in [-0.3, -0.25) is 24.1 Å². The number of amides is 2. The normalized spacial score (nSPS) is 17.4. The van der Waals surface area contributed by atoms with Crippen LogP contribution in [0.3, 0.4) is 0 Å². The predicted molar refractivity (Wildman–Crippen MR) is 133 cm³/mol. The number of anilines is 2. The third-order valence-electron chi connectivity index (χ3n) is 5.63. The molecular formula is C27H19ClN2O6. The van der Waals surface area contributed by atoms with E-state index in [0.717, 1.165) is 6.08 Å². The van der Waals surface area contributed by atoms with E-state index >= 15 is 0 Å². The number of Topliss-reactive ketones (excluding diaryl/α,β-unsaturated/α-hetero) is 2. The molecule has 2 atom stereocenters. The Labute approximate surface area is 210 Å². The van der Waals surface area contributed by atoms with Crippen LogP contribution in [0.5, 0.6) is 0 Å². The van der Waals surface area contributed by atoms with Crippen molar-refractivity contribution in [2.75, 3.05) is 10.2 Å². The molecule has 2 N–H and O–H groups in total. The van der Waals surface area contributed by atoms with E-state index in [9.17, 15) is 24.0 Å². The van der Waals surface area contributed by atoms with Gasteiger partial charge in [0, 0.05) is 34.1 Å². The predicted octanol–water partition coefficient (Wildman–Crippen LogP) is 4.08. The van der Waals surface area contributed by atoms with Crippen molar-refractivity contribution in [3.05, 3.63) is 107 Å². The molecule has 36 heavy (non-hydrogen) atoms. The number of benzene rings is 3. The fourth-order valence-corrected chi connectivity index (χ4v) is 4.19. The van der Waals surface area contributed by atoms with Crippen LogP contribution in [0.4, 0.5) is 11.4 Å². The highest BCUT2D eigenvalue weighted by Gasteiger charge is 2.52. The van der Waals surface area contributed by atoms with Crippen LogP contribution in [-0.2, 0) is 19.2 Å². The smallest absolute Gasteiger partial charge is 0.328 e. The quantitative estimate of drug-likeness (QED) is 0.217. The summed E-state index contributed by atoms with van der Waals surface area (Å²) in [5, 5.41) is 11.6. The van der Waals surface area contributed by atoms with Gasteiger partial charge in [0.25, 0.3) is 5.91 Å². The number of ketones is 2. The van der Waals surface area contributed by atoms with E-state index in [1.54, 1.807) is 54.6 Å².